The lowest BCUT2D eigenvalue weighted by Gasteiger charge is -2.32. The fraction of sp³-hybridized carbons (Fsp3) is 0.647. The molecule has 0 unspecified atom stereocenters. The molecule has 1 rings (SSSR count). The standard InChI is InChI=1S/C16H27NO2.CO2/c1-10-12(14(18)19-16(6,7)8)9-13(11(2)17-10)15(3,4)5;2-1-3/h17H,9H2,1-8H3;. The number of carbonyl (C=O) groups is 1. The summed E-state index contributed by atoms with van der Waals surface area (Å²) in [5.41, 5.74) is 3.65. The van der Waals surface area contributed by atoms with Gasteiger partial charge in [0.1, 0.15) is 5.60 Å². The van der Waals surface area contributed by atoms with Crippen LogP contribution in [0.15, 0.2) is 22.5 Å². The molecular weight excluding hydrogens is 282 g/mol. The molecule has 0 spiro atoms. The molecule has 1 heterocycles. The lowest BCUT2D eigenvalue weighted by atomic mass is 9.79. The molecule has 1 aliphatic rings. The first kappa shape index (κ1) is 20.1. The Morgan fingerprint density at radius 3 is 1.86 bits per heavy atom. The van der Waals surface area contributed by atoms with Crippen LogP contribution < -0.4 is 5.32 Å². The van der Waals surface area contributed by atoms with Crippen LogP contribution in [0.25, 0.3) is 0 Å². The number of rotatable bonds is 1. The van der Waals surface area contributed by atoms with Crippen LogP contribution in [0, 0.1) is 5.41 Å². The van der Waals surface area contributed by atoms with Crippen LogP contribution >= 0.6 is 0 Å². The third-order valence-electron chi connectivity index (χ3n) is 3.18. The largest absolute Gasteiger partial charge is 0.457 e. The molecule has 5 heteroatoms. The number of allylic oxidation sites excluding steroid dienone is 3. The van der Waals surface area contributed by atoms with Crippen LogP contribution in [0.4, 0.5) is 0 Å². The average molecular weight is 309 g/mol. The molecule has 0 saturated heterocycles. The van der Waals surface area contributed by atoms with Gasteiger partial charge in [-0.2, -0.15) is 9.59 Å². The summed E-state index contributed by atoms with van der Waals surface area (Å²) in [5.74, 6) is -0.216. The van der Waals surface area contributed by atoms with E-state index in [-0.39, 0.29) is 17.5 Å². The van der Waals surface area contributed by atoms with Crippen LogP contribution in [0.3, 0.4) is 0 Å². The molecule has 0 saturated carbocycles. The minimum absolute atomic E-state index is 0.0467. The van der Waals surface area contributed by atoms with Crippen molar-refractivity contribution in [2.24, 2.45) is 5.41 Å². The smallest absolute Gasteiger partial charge is 0.373 e. The lowest BCUT2D eigenvalue weighted by molar-refractivity contribution is -0.191. The molecule has 0 radical (unpaired) electrons. The molecule has 5 nitrogen and oxygen atoms in total. The quantitative estimate of drug-likeness (QED) is 0.752. The molecule has 0 atom stereocenters. The fourth-order valence-electron chi connectivity index (χ4n) is 2.27. The van der Waals surface area contributed by atoms with Crippen molar-refractivity contribution in [2.45, 2.75) is 67.4 Å². The highest BCUT2D eigenvalue weighted by Crippen LogP contribution is 2.36. The Labute approximate surface area is 132 Å². The zero-order chi connectivity index (χ0) is 17.7. The highest BCUT2D eigenvalue weighted by atomic mass is 16.6. The molecule has 0 bridgehead atoms. The first-order valence-corrected chi connectivity index (χ1v) is 7.23. The molecule has 1 N–H and O–H groups in total. The second-order valence-electron chi connectivity index (χ2n) is 7.34. The van der Waals surface area contributed by atoms with E-state index in [2.05, 4.69) is 33.0 Å². The van der Waals surface area contributed by atoms with Crippen molar-refractivity contribution in [1.82, 2.24) is 5.32 Å². The van der Waals surface area contributed by atoms with E-state index in [4.69, 9.17) is 14.3 Å². The molecule has 0 aromatic carbocycles. The van der Waals surface area contributed by atoms with Crippen molar-refractivity contribution in [3.63, 3.8) is 0 Å². The molecular formula is C17H27NO4. The van der Waals surface area contributed by atoms with Crippen LogP contribution in [0.1, 0.15) is 61.8 Å². The highest BCUT2D eigenvalue weighted by Gasteiger charge is 2.30. The average Bonchev–Trinajstić information content (AvgIpc) is 2.25. The summed E-state index contributed by atoms with van der Waals surface area (Å²) in [6.45, 7) is 16.2. The van der Waals surface area contributed by atoms with Crippen LogP contribution in [0.2, 0.25) is 0 Å². The second-order valence-corrected chi connectivity index (χ2v) is 7.34. The summed E-state index contributed by atoms with van der Waals surface area (Å²) >= 11 is 0. The van der Waals surface area contributed by atoms with Crippen molar-refractivity contribution >= 4 is 12.1 Å². The van der Waals surface area contributed by atoms with Gasteiger partial charge in [0, 0.05) is 17.8 Å². The summed E-state index contributed by atoms with van der Waals surface area (Å²) < 4.78 is 5.48. The fourth-order valence-corrected chi connectivity index (χ4v) is 2.27. The minimum atomic E-state index is -0.456. The molecule has 124 valence electrons. The maximum absolute atomic E-state index is 12.3. The van der Waals surface area contributed by atoms with Crippen LogP contribution in [-0.4, -0.2) is 17.7 Å². The first-order valence-electron chi connectivity index (χ1n) is 7.23. The normalized spacial score (nSPS) is 15.5. The summed E-state index contributed by atoms with van der Waals surface area (Å²) in [5, 5.41) is 3.31. The number of hydrogen-bond donors (Lipinski definition) is 1. The maximum atomic E-state index is 12.3. The van der Waals surface area contributed by atoms with E-state index >= 15 is 0 Å². The third kappa shape index (κ3) is 6.27. The predicted molar refractivity (Wildman–Crippen MR) is 83.5 cm³/mol. The third-order valence-corrected chi connectivity index (χ3v) is 3.18. The van der Waals surface area contributed by atoms with Gasteiger partial charge in [0.05, 0.1) is 5.57 Å². The van der Waals surface area contributed by atoms with Gasteiger partial charge in [0.2, 0.25) is 0 Å². The Bertz CT molecular complexity index is 522. The van der Waals surface area contributed by atoms with Gasteiger partial charge in [0.25, 0.3) is 0 Å². The van der Waals surface area contributed by atoms with Crippen molar-refractivity contribution in [3.05, 3.63) is 22.5 Å². The summed E-state index contributed by atoms with van der Waals surface area (Å²) in [6, 6.07) is 0. The second kappa shape index (κ2) is 7.41. The van der Waals surface area contributed by atoms with Gasteiger partial charge in [-0.3, -0.25) is 0 Å². The Morgan fingerprint density at radius 2 is 1.50 bits per heavy atom. The Morgan fingerprint density at radius 1 is 1.05 bits per heavy atom. The van der Waals surface area contributed by atoms with Crippen molar-refractivity contribution in [3.8, 4) is 0 Å². The van der Waals surface area contributed by atoms with Crippen molar-refractivity contribution in [2.75, 3.05) is 0 Å². The monoisotopic (exact) mass is 309 g/mol. The molecule has 0 aromatic rings. The topological polar surface area (TPSA) is 72.5 Å². The zero-order valence-corrected chi connectivity index (χ0v) is 14.8. The van der Waals surface area contributed by atoms with E-state index in [9.17, 15) is 4.79 Å². The predicted octanol–water partition coefficient (Wildman–Crippen LogP) is 3.33. The van der Waals surface area contributed by atoms with E-state index in [0.717, 1.165) is 17.0 Å². The SMILES string of the molecule is CC1=C(C(=O)OC(C)(C)C)CC(C(C)(C)C)=C(C)N1.O=C=O. The van der Waals surface area contributed by atoms with Crippen LogP contribution in [-0.2, 0) is 19.1 Å². The summed E-state index contributed by atoms with van der Waals surface area (Å²) in [7, 11) is 0. The summed E-state index contributed by atoms with van der Waals surface area (Å²) in [6.07, 6.45) is 0.920. The van der Waals surface area contributed by atoms with Crippen LogP contribution in [0.5, 0.6) is 0 Å². The van der Waals surface area contributed by atoms with Crippen molar-refractivity contribution in [1.29, 1.82) is 0 Å². The van der Waals surface area contributed by atoms with Gasteiger partial charge in [-0.25, -0.2) is 4.79 Å². The Hall–Kier alpha value is -1.87. The number of ether oxygens (including phenoxy) is 1. The van der Waals surface area contributed by atoms with E-state index in [1.54, 1.807) is 0 Å². The maximum Gasteiger partial charge on any atom is 0.373 e. The molecule has 0 fully saturated rings. The zero-order valence-electron chi connectivity index (χ0n) is 14.8. The number of nitrogens with one attached hydrogen (secondary N) is 1. The van der Waals surface area contributed by atoms with E-state index < -0.39 is 5.60 Å². The van der Waals surface area contributed by atoms with Crippen molar-refractivity contribution < 1.29 is 19.1 Å². The van der Waals surface area contributed by atoms with Gasteiger partial charge >= 0.3 is 12.1 Å². The Balaban J connectivity index is 0.00000135. The molecule has 0 amide bonds. The minimum Gasteiger partial charge on any atom is -0.457 e. The first-order chi connectivity index (χ1) is 9.83. The van der Waals surface area contributed by atoms with Gasteiger partial charge in [-0.1, -0.05) is 20.8 Å². The number of hydrogen-bond acceptors (Lipinski definition) is 5. The molecule has 22 heavy (non-hydrogen) atoms. The number of dihydropyridines is 1. The molecule has 0 aliphatic carbocycles. The van der Waals surface area contributed by atoms with E-state index in [1.165, 1.54) is 5.57 Å². The number of esters is 1. The van der Waals surface area contributed by atoms with Gasteiger partial charge in [0.15, 0.2) is 0 Å². The number of carbonyl (C=O) groups excluding carboxylic acids is 3. The lowest BCUT2D eigenvalue weighted by Crippen LogP contribution is -2.31. The van der Waals surface area contributed by atoms with Gasteiger partial charge in [-0.05, 0) is 45.6 Å². The Kier molecular flexibility index (Phi) is 6.78. The van der Waals surface area contributed by atoms with E-state index in [0.29, 0.717) is 6.42 Å². The van der Waals surface area contributed by atoms with Gasteiger partial charge < -0.3 is 10.1 Å². The van der Waals surface area contributed by atoms with Gasteiger partial charge in [-0.15, -0.1) is 0 Å². The molecule has 0 aromatic heterocycles. The summed E-state index contributed by atoms with van der Waals surface area (Å²) in [4.78, 5) is 28.5. The van der Waals surface area contributed by atoms with E-state index in [1.807, 2.05) is 27.7 Å². The molecule has 1 aliphatic heterocycles. The highest BCUT2D eigenvalue weighted by molar-refractivity contribution is 5.90.